The van der Waals surface area contributed by atoms with Crippen molar-refractivity contribution < 1.29 is 0 Å². The van der Waals surface area contributed by atoms with Gasteiger partial charge in [0.05, 0.1) is 11.9 Å². The van der Waals surface area contributed by atoms with E-state index in [1.807, 2.05) is 28.3 Å². The third kappa shape index (κ3) is 1.72. The van der Waals surface area contributed by atoms with E-state index in [1.54, 1.807) is 17.4 Å². The Morgan fingerprint density at radius 2 is 2.35 bits per heavy atom. The molecule has 0 spiro atoms. The molecule has 0 atom stereocenters. The molecule has 5 nitrogen and oxygen atoms in total. The lowest BCUT2D eigenvalue weighted by atomic mass is 10.4. The van der Waals surface area contributed by atoms with Crippen LogP contribution in [0.15, 0.2) is 34.6 Å². The molecule has 0 bridgehead atoms. The minimum atomic E-state index is -0.197. The van der Waals surface area contributed by atoms with Gasteiger partial charge >= 0.3 is 0 Å². The van der Waals surface area contributed by atoms with Crippen LogP contribution in [0.4, 0.5) is 5.95 Å². The standard InChI is InChI=1S/C11H10N4OS/c12-11-13-9-8(10(16)14-11)3-4-15(9)6-7-2-1-5-17-7/h1-5H,6H2,(H3,12,13,14,16). The molecule has 0 amide bonds. The van der Waals surface area contributed by atoms with E-state index in [1.165, 1.54) is 4.88 Å². The van der Waals surface area contributed by atoms with E-state index in [9.17, 15) is 4.79 Å². The van der Waals surface area contributed by atoms with Crippen molar-refractivity contribution in [2.24, 2.45) is 0 Å². The molecule has 17 heavy (non-hydrogen) atoms. The summed E-state index contributed by atoms with van der Waals surface area (Å²) in [6.07, 6.45) is 1.85. The lowest BCUT2D eigenvalue weighted by Gasteiger charge is -2.02. The molecule has 0 fully saturated rings. The summed E-state index contributed by atoms with van der Waals surface area (Å²) in [5.74, 6) is 0.147. The van der Waals surface area contributed by atoms with Crippen LogP contribution in [-0.2, 0) is 6.54 Å². The Bertz CT molecular complexity index is 711. The molecule has 0 aliphatic carbocycles. The highest BCUT2D eigenvalue weighted by molar-refractivity contribution is 7.09. The minimum absolute atomic E-state index is 0.147. The van der Waals surface area contributed by atoms with Crippen LogP contribution in [0.2, 0.25) is 0 Å². The summed E-state index contributed by atoms with van der Waals surface area (Å²) in [6.45, 7) is 0.705. The number of H-pyrrole nitrogens is 1. The molecule has 0 radical (unpaired) electrons. The Kier molecular flexibility index (Phi) is 2.22. The number of thiophene rings is 1. The fourth-order valence-corrected chi connectivity index (χ4v) is 2.49. The number of nitrogen functional groups attached to an aromatic ring is 1. The van der Waals surface area contributed by atoms with E-state index in [2.05, 4.69) is 9.97 Å². The molecule has 0 aliphatic heterocycles. The molecule has 0 aliphatic rings. The number of nitrogens with one attached hydrogen (secondary N) is 1. The first kappa shape index (κ1) is 10.1. The summed E-state index contributed by atoms with van der Waals surface area (Å²) < 4.78 is 1.92. The van der Waals surface area contributed by atoms with E-state index in [0.717, 1.165) is 0 Å². The highest BCUT2D eigenvalue weighted by Gasteiger charge is 2.07. The van der Waals surface area contributed by atoms with Crippen molar-refractivity contribution in [3.8, 4) is 0 Å². The maximum absolute atomic E-state index is 11.6. The summed E-state index contributed by atoms with van der Waals surface area (Å²) >= 11 is 1.67. The average Bonchev–Trinajstić information content (AvgIpc) is 2.89. The first-order chi connectivity index (χ1) is 8.24. The number of hydrogen-bond donors (Lipinski definition) is 2. The number of fused-ring (bicyclic) bond motifs is 1. The second-order valence-electron chi connectivity index (χ2n) is 3.71. The molecule has 0 unspecified atom stereocenters. The van der Waals surface area contributed by atoms with Crippen molar-refractivity contribution in [2.75, 3.05) is 5.73 Å². The second kappa shape index (κ2) is 3.74. The van der Waals surface area contributed by atoms with Crippen molar-refractivity contribution in [3.63, 3.8) is 0 Å². The highest BCUT2D eigenvalue weighted by atomic mass is 32.1. The van der Waals surface area contributed by atoms with Crippen molar-refractivity contribution in [1.29, 1.82) is 0 Å². The van der Waals surface area contributed by atoms with Crippen molar-refractivity contribution in [2.45, 2.75) is 6.54 Å². The quantitative estimate of drug-likeness (QED) is 0.718. The van der Waals surface area contributed by atoms with Crippen molar-refractivity contribution >= 4 is 28.3 Å². The number of anilines is 1. The van der Waals surface area contributed by atoms with Crippen LogP contribution >= 0.6 is 11.3 Å². The highest BCUT2D eigenvalue weighted by Crippen LogP contribution is 2.15. The van der Waals surface area contributed by atoms with Crippen molar-refractivity contribution in [3.05, 3.63) is 45.0 Å². The van der Waals surface area contributed by atoms with E-state index >= 15 is 0 Å². The van der Waals surface area contributed by atoms with Crippen molar-refractivity contribution in [1.82, 2.24) is 14.5 Å². The molecule has 0 saturated carbocycles. The maximum Gasteiger partial charge on any atom is 0.261 e. The van der Waals surface area contributed by atoms with Gasteiger partial charge in [0, 0.05) is 11.1 Å². The lowest BCUT2D eigenvalue weighted by molar-refractivity contribution is 0.837. The van der Waals surface area contributed by atoms with Gasteiger partial charge in [0.25, 0.3) is 5.56 Å². The smallest absolute Gasteiger partial charge is 0.261 e. The molecule has 3 heterocycles. The van der Waals surface area contributed by atoms with Gasteiger partial charge in [0.15, 0.2) is 0 Å². The van der Waals surface area contributed by atoms with E-state index in [-0.39, 0.29) is 11.5 Å². The average molecular weight is 246 g/mol. The molecule has 3 aromatic rings. The first-order valence-electron chi connectivity index (χ1n) is 5.11. The summed E-state index contributed by atoms with van der Waals surface area (Å²) in [6, 6.07) is 5.81. The summed E-state index contributed by atoms with van der Waals surface area (Å²) in [4.78, 5) is 19.5. The fourth-order valence-electron chi connectivity index (χ4n) is 1.79. The number of hydrogen-bond acceptors (Lipinski definition) is 4. The van der Waals surface area contributed by atoms with Crippen LogP contribution < -0.4 is 11.3 Å². The summed E-state index contributed by atoms with van der Waals surface area (Å²) in [5, 5.41) is 2.59. The molecule has 0 aromatic carbocycles. The third-order valence-corrected chi connectivity index (χ3v) is 3.41. The Morgan fingerprint density at radius 3 is 3.12 bits per heavy atom. The van der Waals surface area contributed by atoms with E-state index in [0.29, 0.717) is 17.6 Å². The van der Waals surface area contributed by atoms with Gasteiger partial charge in [-0.1, -0.05) is 6.07 Å². The number of nitrogens with two attached hydrogens (primary N) is 1. The Labute approximate surface area is 101 Å². The van der Waals surface area contributed by atoms with Crippen LogP contribution in [0, 0.1) is 0 Å². The Balaban J connectivity index is 2.15. The van der Waals surface area contributed by atoms with Gasteiger partial charge in [0.1, 0.15) is 5.65 Å². The van der Waals surface area contributed by atoms with Gasteiger partial charge in [-0.2, -0.15) is 4.98 Å². The fraction of sp³-hybridized carbons (Fsp3) is 0.0909. The zero-order chi connectivity index (χ0) is 11.8. The normalized spacial score (nSPS) is 11.1. The molecule has 86 valence electrons. The topological polar surface area (TPSA) is 76.7 Å². The molecular formula is C11H10N4OS. The third-order valence-electron chi connectivity index (χ3n) is 2.55. The van der Waals surface area contributed by atoms with Gasteiger partial charge in [-0.25, -0.2) is 0 Å². The van der Waals surface area contributed by atoms with E-state index < -0.39 is 0 Å². The van der Waals surface area contributed by atoms with Gasteiger partial charge < -0.3 is 10.3 Å². The van der Waals surface area contributed by atoms with Crippen LogP contribution in [0.3, 0.4) is 0 Å². The molecule has 3 rings (SSSR count). The summed E-state index contributed by atoms with van der Waals surface area (Å²) in [5.41, 5.74) is 5.98. The molecule has 3 N–H and O–H groups in total. The maximum atomic E-state index is 11.6. The monoisotopic (exact) mass is 246 g/mol. The minimum Gasteiger partial charge on any atom is -0.369 e. The van der Waals surface area contributed by atoms with Gasteiger partial charge in [-0.15, -0.1) is 11.3 Å². The number of aromatic amines is 1. The summed E-state index contributed by atoms with van der Waals surface area (Å²) in [7, 11) is 0. The largest absolute Gasteiger partial charge is 0.369 e. The predicted octanol–water partition coefficient (Wildman–Crippen LogP) is 1.42. The SMILES string of the molecule is Nc1nc2c(ccn2Cc2cccs2)c(=O)[nH]1. The van der Waals surface area contributed by atoms with Gasteiger partial charge in [0.2, 0.25) is 5.95 Å². The van der Waals surface area contributed by atoms with Crippen LogP contribution in [0.25, 0.3) is 11.0 Å². The second-order valence-corrected chi connectivity index (χ2v) is 4.74. The predicted molar refractivity (Wildman–Crippen MR) is 68.2 cm³/mol. The Morgan fingerprint density at radius 1 is 1.47 bits per heavy atom. The number of aromatic nitrogens is 3. The molecular weight excluding hydrogens is 236 g/mol. The molecule has 0 saturated heterocycles. The van der Waals surface area contributed by atoms with Crippen LogP contribution in [0.5, 0.6) is 0 Å². The van der Waals surface area contributed by atoms with Gasteiger partial charge in [-0.3, -0.25) is 9.78 Å². The lowest BCUT2D eigenvalue weighted by Crippen LogP contribution is -2.11. The van der Waals surface area contributed by atoms with Crippen LogP contribution in [-0.4, -0.2) is 14.5 Å². The van der Waals surface area contributed by atoms with Gasteiger partial charge in [-0.05, 0) is 17.5 Å². The molecule has 3 aromatic heterocycles. The number of nitrogens with zero attached hydrogens (tertiary/aromatic N) is 2. The zero-order valence-electron chi connectivity index (χ0n) is 8.88. The zero-order valence-corrected chi connectivity index (χ0v) is 9.70. The number of rotatable bonds is 2. The Hall–Kier alpha value is -2.08. The van der Waals surface area contributed by atoms with Crippen LogP contribution in [0.1, 0.15) is 4.88 Å². The van der Waals surface area contributed by atoms with E-state index in [4.69, 9.17) is 5.73 Å². The first-order valence-corrected chi connectivity index (χ1v) is 5.99. The molecule has 6 heteroatoms.